The van der Waals surface area contributed by atoms with Gasteiger partial charge in [0.15, 0.2) is 5.75 Å². The Morgan fingerprint density at radius 2 is 2.14 bits per heavy atom. The van der Waals surface area contributed by atoms with Gasteiger partial charge in [-0.2, -0.15) is 0 Å². The van der Waals surface area contributed by atoms with Gasteiger partial charge in [-0.1, -0.05) is 12.1 Å². The van der Waals surface area contributed by atoms with Crippen molar-refractivity contribution < 1.29 is 4.84 Å². The fourth-order valence-electron chi connectivity index (χ4n) is 1.58. The molecule has 68 valence electrons. The highest BCUT2D eigenvalue weighted by atomic mass is 16.6. The molecule has 0 aliphatic carbocycles. The smallest absolute Gasteiger partial charge is 0.173 e. The topological polar surface area (TPSA) is 34.1 Å². The lowest BCUT2D eigenvalue weighted by Gasteiger charge is -2.14. The SMILES string of the molecule is C1=Cc2cnc3ccccc3c2ON1. The predicted molar refractivity (Wildman–Crippen MR) is 54.5 cm³/mol. The Hall–Kier alpha value is -2.03. The van der Waals surface area contributed by atoms with E-state index in [4.69, 9.17) is 4.84 Å². The van der Waals surface area contributed by atoms with Crippen LogP contribution >= 0.6 is 0 Å². The summed E-state index contributed by atoms with van der Waals surface area (Å²) in [5, 5.41) is 1.03. The highest BCUT2D eigenvalue weighted by Gasteiger charge is 2.10. The molecule has 3 heteroatoms. The van der Waals surface area contributed by atoms with Crippen molar-refractivity contribution in [2.75, 3.05) is 0 Å². The minimum atomic E-state index is 0.845. The van der Waals surface area contributed by atoms with Crippen molar-refractivity contribution in [1.82, 2.24) is 10.5 Å². The van der Waals surface area contributed by atoms with E-state index in [-0.39, 0.29) is 0 Å². The summed E-state index contributed by atoms with van der Waals surface area (Å²) in [6.07, 6.45) is 5.51. The predicted octanol–water partition coefficient (Wildman–Crippen LogP) is 2.10. The van der Waals surface area contributed by atoms with Crippen molar-refractivity contribution in [3.63, 3.8) is 0 Å². The van der Waals surface area contributed by atoms with Crippen LogP contribution in [-0.2, 0) is 0 Å². The van der Waals surface area contributed by atoms with Crippen LogP contribution in [0.15, 0.2) is 36.7 Å². The Kier molecular flexibility index (Phi) is 1.44. The number of hydroxylamine groups is 1. The lowest BCUT2D eigenvalue weighted by Crippen LogP contribution is -2.14. The highest BCUT2D eigenvalue weighted by Crippen LogP contribution is 2.29. The fourth-order valence-corrected chi connectivity index (χ4v) is 1.58. The molecular formula is C11H8N2O. The van der Waals surface area contributed by atoms with Gasteiger partial charge in [0.05, 0.1) is 5.52 Å². The maximum absolute atomic E-state index is 5.36. The Morgan fingerprint density at radius 3 is 3.14 bits per heavy atom. The van der Waals surface area contributed by atoms with Gasteiger partial charge in [0.1, 0.15) is 0 Å². The molecule has 0 amide bonds. The molecule has 0 saturated heterocycles. The molecule has 0 fully saturated rings. The van der Waals surface area contributed by atoms with Gasteiger partial charge in [0, 0.05) is 23.3 Å². The molecular weight excluding hydrogens is 176 g/mol. The largest absolute Gasteiger partial charge is 0.381 e. The first-order valence-electron chi connectivity index (χ1n) is 4.42. The standard InChI is InChI=1S/C11H8N2O/c1-2-4-10-9(3-1)11-8(7-12-10)5-6-13-14-11/h1-7,13H. The van der Waals surface area contributed by atoms with Crippen LogP contribution in [0.5, 0.6) is 5.75 Å². The number of pyridine rings is 1. The molecule has 1 aromatic heterocycles. The lowest BCUT2D eigenvalue weighted by atomic mass is 10.1. The minimum Gasteiger partial charge on any atom is -0.381 e. The quantitative estimate of drug-likeness (QED) is 0.680. The normalized spacial score (nSPS) is 13.1. The number of fused-ring (bicyclic) bond motifs is 3. The third-order valence-corrected chi connectivity index (χ3v) is 2.25. The average molecular weight is 184 g/mol. The van der Waals surface area contributed by atoms with E-state index in [1.54, 1.807) is 6.20 Å². The number of para-hydroxylation sites is 1. The zero-order chi connectivity index (χ0) is 9.38. The van der Waals surface area contributed by atoms with Gasteiger partial charge in [0.2, 0.25) is 0 Å². The summed E-state index contributed by atoms with van der Waals surface area (Å²) in [5.74, 6) is 0.845. The molecule has 0 radical (unpaired) electrons. The fraction of sp³-hybridized carbons (Fsp3) is 0. The summed E-state index contributed by atoms with van der Waals surface area (Å²) >= 11 is 0. The molecule has 1 aliphatic heterocycles. The van der Waals surface area contributed by atoms with Crippen LogP contribution in [-0.4, -0.2) is 4.98 Å². The summed E-state index contributed by atoms with van der Waals surface area (Å²) in [6, 6.07) is 7.92. The third kappa shape index (κ3) is 0.956. The highest BCUT2D eigenvalue weighted by molar-refractivity contribution is 5.88. The van der Waals surface area contributed by atoms with E-state index in [0.29, 0.717) is 0 Å². The van der Waals surface area contributed by atoms with Crippen molar-refractivity contribution >= 4 is 17.0 Å². The first kappa shape index (κ1) is 7.38. The molecule has 1 aromatic carbocycles. The zero-order valence-corrected chi connectivity index (χ0v) is 7.40. The number of aromatic nitrogens is 1. The Labute approximate surface area is 81.0 Å². The van der Waals surface area contributed by atoms with Crippen molar-refractivity contribution in [3.8, 4) is 5.75 Å². The molecule has 2 heterocycles. The Balaban J connectivity index is 2.41. The van der Waals surface area contributed by atoms with E-state index in [1.807, 2.05) is 36.5 Å². The van der Waals surface area contributed by atoms with Gasteiger partial charge in [-0.15, -0.1) is 0 Å². The van der Waals surface area contributed by atoms with Crippen LogP contribution < -0.4 is 10.3 Å². The molecule has 2 aromatic rings. The Morgan fingerprint density at radius 1 is 1.21 bits per heavy atom. The first-order valence-corrected chi connectivity index (χ1v) is 4.42. The average Bonchev–Trinajstić information content (AvgIpc) is 2.29. The number of hydrogen-bond donors (Lipinski definition) is 1. The van der Waals surface area contributed by atoms with Crippen LogP contribution in [0.4, 0.5) is 0 Å². The number of nitrogens with zero attached hydrogens (tertiary/aromatic N) is 1. The van der Waals surface area contributed by atoms with E-state index in [1.165, 1.54) is 0 Å². The summed E-state index contributed by atoms with van der Waals surface area (Å²) < 4.78 is 0. The third-order valence-electron chi connectivity index (χ3n) is 2.25. The van der Waals surface area contributed by atoms with Crippen molar-refractivity contribution in [2.24, 2.45) is 0 Å². The van der Waals surface area contributed by atoms with E-state index in [9.17, 15) is 0 Å². The Bertz CT molecular complexity index is 520. The van der Waals surface area contributed by atoms with Crippen molar-refractivity contribution in [3.05, 3.63) is 42.2 Å². The van der Waals surface area contributed by atoms with E-state index < -0.39 is 0 Å². The van der Waals surface area contributed by atoms with Crippen molar-refractivity contribution in [2.45, 2.75) is 0 Å². The van der Waals surface area contributed by atoms with Gasteiger partial charge in [0.25, 0.3) is 0 Å². The molecule has 0 saturated carbocycles. The number of nitrogens with one attached hydrogen (secondary N) is 1. The molecule has 1 N–H and O–H groups in total. The van der Waals surface area contributed by atoms with Crippen LogP contribution in [0.3, 0.4) is 0 Å². The number of benzene rings is 1. The second-order valence-electron chi connectivity index (χ2n) is 3.11. The summed E-state index contributed by atoms with van der Waals surface area (Å²) in [4.78, 5) is 9.70. The lowest BCUT2D eigenvalue weighted by molar-refractivity contribution is 0.242. The van der Waals surface area contributed by atoms with E-state index in [2.05, 4.69) is 10.5 Å². The molecule has 0 spiro atoms. The number of hydrogen-bond acceptors (Lipinski definition) is 3. The van der Waals surface area contributed by atoms with Gasteiger partial charge < -0.3 is 4.84 Å². The maximum atomic E-state index is 5.36. The van der Waals surface area contributed by atoms with Crippen LogP contribution in [0, 0.1) is 0 Å². The molecule has 0 unspecified atom stereocenters. The second-order valence-corrected chi connectivity index (χ2v) is 3.11. The van der Waals surface area contributed by atoms with E-state index in [0.717, 1.165) is 22.2 Å². The zero-order valence-electron chi connectivity index (χ0n) is 7.40. The summed E-state index contributed by atoms with van der Waals surface area (Å²) in [7, 11) is 0. The van der Waals surface area contributed by atoms with E-state index >= 15 is 0 Å². The summed E-state index contributed by atoms with van der Waals surface area (Å²) in [6.45, 7) is 0. The van der Waals surface area contributed by atoms with Gasteiger partial charge in [-0.05, 0) is 18.2 Å². The van der Waals surface area contributed by atoms with Gasteiger partial charge in [-0.25, -0.2) is 5.48 Å². The first-order chi connectivity index (χ1) is 6.95. The molecule has 1 aliphatic rings. The van der Waals surface area contributed by atoms with Crippen LogP contribution in [0.2, 0.25) is 0 Å². The van der Waals surface area contributed by atoms with Crippen molar-refractivity contribution in [1.29, 1.82) is 0 Å². The molecule has 0 bridgehead atoms. The molecule has 3 rings (SSSR count). The van der Waals surface area contributed by atoms with Gasteiger partial charge in [-0.3, -0.25) is 4.98 Å². The molecule has 14 heavy (non-hydrogen) atoms. The van der Waals surface area contributed by atoms with Crippen LogP contribution in [0.1, 0.15) is 5.56 Å². The maximum Gasteiger partial charge on any atom is 0.173 e. The summed E-state index contributed by atoms with van der Waals surface area (Å²) in [5.41, 5.74) is 4.67. The number of rotatable bonds is 0. The molecule has 0 atom stereocenters. The second kappa shape index (κ2) is 2.73. The molecule has 3 nitrogen and oxygen atoms in total. The minimum absolute atomic E-state index is 0.845. The van der Waals surface area contributed by atoms with Crippen LogP contribution in [0.25, 0.3) is 17.0 Å². The monoisotopic (exact) mass is 184 g/mol. The van der Waals surface area contributed by atoms with Gasteiger partial charge >= 0.3 is 0 Å².